The van der Waals surface area contributed by atoms with E-state index in [1.807, 2.05) is 0 Å². The summed E-state index contributed by atoms with van der Waals surface area (Å²) in [5, 5.41) is 24.1. The first kappa shape index (κ1) is 17.5. The van der Waals surface area contributed by atoms with Crippen molar-refractivity contribution in [2.24, 2.45) is 0 Å². The third kappa shape index (κ3) is 10.4. The molecule has 0 aliphatic heterocycles. The monoisotopic (exact) mass is 213 g/mol. The fourth-order valence-corrected chi connectivity index (χ4v) is 0.253. The summed E-state index contributed by atoms with van der Waals surface area (Å²) in [6.45, 7) is 0. The minimum absolute atomic E-state index is 0. The van der Waals surface area contributed by atoms with Gasteiger partial charge < -0.3 is 16.7 Å². The third-order valence-corrected chi connectivity index (χ3v) is 0.653. The van der Waals surface area contributed by atoms with Gasteiger partial charge in [0, 0.05) is 17.1 Å². The molecule has 0 saturated heterocycles. The molecule has 0 rings (SSSR count). The number of hydrogen-bond donors (Lipinski definition) is 3. The summed E-state index contributed by atoms with van der Waals surface area (Å²) in [4.78, 5) is 19.4. The molecule has 1 radical (unpaired) electrons. The van der Waals surface area contributed by atoms with Crippen molar-refractivity contribution in [2.75, 3.05) is 0 Å². The van der Waals surface area contributed by atoms with Crippen LogP contribution >= 0.6 is 0 Å². The molecule has 0 aliphatic carbocycles. The molecule has 3 N–H and O–H groups in total. The Kier molecular flexibility index (Phi) is 13.5. The van der Waals surface area contributed by atoms with E-state index in [0.29, 0.717) is 0 Å². The van der Waals surface area contributed by atoms with Crippen LogP contribution in [-0.2, 0) is 26.7 Å². The number of aliphatic hydroxyl groups excluding tert-OH is 1. The van der Waals surface area contributed by atoms with Crippen molar-refractivity contribution in [3.05, 3.63) is 0 Å². The van der Waals surface area contributed by atoms with Gasteiger partial charge in [0.25, 0.3) is 0 Å². The van der Waals surface area contributed by atoms with Gasteiger partial charge >= 0.3 is 41.5 Å². The molecule has 0 bridgehead atoms. The van der Waals surface area contributed by atoms with E-state index in [0.717, 1.165) is 0 Å². The molecule has 5 nitrogen and oxygen atoms in total. The maximum absolute atomic E-state index is 9.72. The predicted molar refractivity (Wildman–Crippen MR) is 27.0 cm³/mol. The first-order chi connectivity index (χ1) is 4.04. The van der Waals surface area contributed by atoms with Crippen molar-refractivity contribution in [2.45, 2.75) is 12.5 Å². The average Bonchev–Trinajstić information content (AvgIpc) is 1.63. The summed E-state index contributed by atoms with van der Waals surface area (Å²) in [5.41, 5.74) is 0. The van der Waals surface area contributed by atoms with Crippen LogP contribution in [0.2, 0.25) is 0 Å². The number of rotatable bonds is 3. The molecule has 0 heterocycles. The SMILES string of the molecule is O=C(O)CC(O)C(=O)O.[H-].[Mn].[Na+]. The quantitative estimate of drug-likeness (QED) is 0.415. The zero-order chi connectivity index (χ0) is 7.44. The maximum atomic E-state index is 9.72. The number of carboxylic acids is 2. The summed E-state index contributed by atoms with van der Waals surface area (Å²) in [5.74, 6) is -2.85. The molecule has 0 saturated carbocycles. The van der Waals surface area contributed by atoms with Gasteiger partial charge in [-0.2, -0.15) is 0 Å². The fraction of sp³-hybridized carbons (Fsp3) is 0.500. The van der Waals surface area contributed by atoms with E-state index in [9.17, 15) is 9.59 Å². The molecule has 0 fully saturated rings. The zero-order valence-electron chi connectivity index (χ0n) is 6.82. The Morgan fingerprint density at radius 1 is 1.36 bits per heavy atom. The first-order valence-electron chi connectivity index (χ1n) is 2.16. The van der Waals surface area contributed by atoms with Gasteiger partial charge in [0.1, 0.15) is 0 Å². The van der Waals surface area contributed by atoms with E-state index in [-0.39, 0.29) is 48.1 Å². The minimum Gasteiger partial charge on any atom is -1.00 e. The van der Waals surface area contributed by atoms with Crippen molar-refractivity contribution in [3.63, 3.8) is 0 Å². The van der Waals surface area contributed by atoms with E-state index >= 15 is 0 Å². The smallest absolute Gasteiger partial charge is 1.00 e. The molecule has 0 aliphatic rings. The topological polar surface area (TPSA) is 94.8 Å². The van der Waals surface area contributed by atoms with Crippen LogP contribution in [0.5, 0.6) is 0 Å². The van der Waals surface area contributed by atoms with Crippen molar-refractivity contribution < 1.29 is 73.0 Å². The summed E-state index contributed by atoms with van der Waals surface area (Å²) < 4.78 is 0. The van der Waals surface area contributed by atoms with Gasteiger partial charge in [0.15, 0.2) is 6.10 Å². The van der Waals surface area contributed by atoms with Gasteiger partial charge in [0.05, 0.1) is 6.42 Å². The molecule has 0 aromatic heterocycles. The second-order valence-corrected chi connectivity index (χ2v) is 1.45. The van der Waals surface area contributed by atoms with Crippen molar-refractivity contribution in [1.29, 1.82) is 0 Å². The molecule has 0 aromatic rings. The number of aliphatic hydroxyl groups is 1. The molecule has 0 spiro atoms. The molecule has 61 valence electrons. The molecule has 1 unspecified atom stereocenters. The van der Waals surface area contributed by atoms with E-state index in [2.05, 4.69) is 0 Å². The number of hydrogen-bond acceptors (Lipinski definition) is 3. The van der Waals surface area contributed by atoms with Crippen molar-refractivity contribution in [3.8, 4) is 0 Å². The van der Waals surface area contributed by atoms with Gasteiger partial charge in [-0.25, -0.2) is 4.79 Å². The molecule has 0 aromatic carbocycles. The van der Waals surface area contributed by atoms with Crippen LogP contribution in [0.25, 0.3) is 0 Å². The summed E-state index contributed by atoms with van der Waals surface area (Å²) in [6, 6.07) is 0. The number of carboxylic acid groups (broad SMARTS) is 2. The Bertz CT molecular complexity index is 143. The summed E-state index contributed by atoms with van der Waals surface area (Å²) in [6.07, 6.45) is -2.54. The van der Waals surface area contributed by atoms with E-state index in [1.54, 1.807) is 0 Å². The average molecular weight is 213 g/mol. The van der Waals surface area contributed by atoms with Crippen LogP contribution in [0.1, 0.15) is 7.85 Å². The molecular weight excluding hydrogens is 206 g/mol. The first-order valence-corrected chi connectivity index (χ1v) is 2.16. The molecule has 11 heavy (non-hydrogen) atoms. The number of carbonyl (C=O) groups is 2. The Labute approximate surface area is 97.0 Å². The minimum atomic E-state index is -1.79. The van der Waals surface area contributed by atoms with Crippen molar-refractivity contribution in [1.82, 2.24) is 0 Å². The van der Waals surface area contributed by atoms with E-state index in [1.165, 1.54) is 0 Å². The molecule has 0 amide bonds. The van der Waals surface area contributed by atoms with Crippen LogP contribution < -0.4 is 29.6 Å². The molecule has 1 atom stereocenters. The normalized spacial score (nSPS) is 10.3. The summed E-state index contributed by atoms with van der Waals surface area (Å²) >= 11 is 0. The summed E-state index contributed by atoms with van der Waals surface area (Å²) in [7, 11) is 0. The van der Waals surface area contributed by atoms with Crippen LogP contribution in [0.3, 0.4) is 0 Å². The third-order valence-electron chi connectivity index (χ3n) is 0.653. The second-order valence-electron chi connectivity index (χ2n) is 1.45. The Balaban J connectivity index is -0.000000107. The number of aliphatic carboxylic acids is 2. The van der Waals surface area contributed by atoms with Gasteiger partial charge in [-0.1, -0.05) is 0 Å². The maximum Gasteiger partial charge on any atom is 1.00 e. The molecule has 7 heteroatoms. The van der Waals surface area contributed by atoms with Gasteiger partial charge in [-0.15, -0.1) is 0 Å². The second kappa shape index (κ2) is 8.52. The predicted octanol–water partition coefficient (Wildman–Crippen LogP) is -3.98. The van der Waals surface area contributed by atoms with Gasteiger partial charge in [0.2, 0.25) is 0 Å². The van der Waals surface area contributed by atoms with E-state index in [4.69, 9.17) is 15.3 Å². The fourth-order valence-electron chi connectivity index (χ4n) is 0.253. The van der Waals surface area contributed by atoms with Crippen LogP contribution in [0, 0.1) is 0 Å². The van der Waals surface area contributed by atoms with Crippen LogP contribution in [0.15, 0.2) is 0 Å². The van der Waals surface area contributed by atoms with Crippen LogP contribution in [-0.4, -0.2) is 33.4 Å². The zero-order valence-corrected chi connectivity index (χ0v) is 9.00. The Morgan fingerprint density at radius 2 is 1.73 bits per heavy atom. The molecular formula is C4H7MnNaO5. The van der Waals surface area contributed by atoms with Crippen molar-refractivity contribution >= 4 is 11.9 Å². The van der Waals surface area contributed by atoms with E-state index < -0.39 is 24.5 Å². The Hall–Kier alpha value is 0.419. The van der Waals surface area contributed by atoms with Crippen LogP contribution in [0.4, 0.5) is 0 Å². The standard InChI is InChI=1S/C4H6O5.Mn.Na.H/c5-2(4(8)9)1-3(6)7;;;/h2,5H,1H2,(H,6,7)(H,8,9);;;/q;;+1;-1. The Morgan fingerprint density at radius 3 is 1.82 bits per heavy atom. The largest absolute Gasteiger partial charge is 1.00 e. The van der Waals surface area contributed by atoms with Gasteiger partial charge in [-0.3, -0.25) is 4.79 Å². The van der Waals surface area contributed by atoms with Gasteiger partial charge in [-0.05, 0) is 0 Å².